The maximum Gasteiger partial charge on any atom is 0.0757 e. The lowest BCUT2D eigenvalue weighted by molar-refractivity contribution is -0.158. The van der Waals surface area contributed by atoms with Crippen molar-refractivity contribution >= 4 is 0 Å². The fourth-order valence-electron chi connectivity index (χ4n) is 3.76. The Bertz CT molecular complexity index is 282. The van der Waals surface area contributed by atoms with Gasteiger partial charge in [-0.15, -0.1) is 0 Å². The predicted octanol–water partition coefficient (Wildman–Crippen LogP) is 2.39. The number of nitrogens with two attached hydrogens (primary N) is 1. The molecule has 106 valence electrons. The third-order valence-corrected chi connectivity index (χ3v) is 4.83. The first-order valence-corrected chi connectivity index (χ1v) is 7.50. The molecule has 1 saturated heterocycles. The largest absolute Gasteiger partial charge is 0.370 e. The van der Waals surface area contributed by atoms with E-state index in [0.29, 0.717) is 6.10 Å². The maximum absolute atomic E-state index is 6.17. The summed E-state index contributed by atoms with van der Waals surface area (Å²) in [5.74, 6) is 0.871. The van der Waals surface area contributed by atoms with E-state index < -0.39 is 0 Å². The summed E-state index contributed by atoms with van der Waals surface area (Å²) >= 11 is 0. The van der Waals surface area contributed by atoms with Crippen LogP contribution in [0.3, 0.4) is 0 Å². The normalized spacial score (nSPS) is 41.8. The second-order valence-electron chi connectivity index (χ2n) is 7.18. The SMILES string of the molecule is CC1CCC(CN)(N2CC(C)OC(C)(C)C2)CC1. The fourth-order valence-corrected chi connectivity index (χ4v) is 3.76. The van der Waals surface area contributed by atoms with Gasteiger partial charge in [0.05, 0.1) is 11.7 Å². The van der Waals surface area contributed by atoms with Gasteiger partial charge in [-0.2, -0.15) is 0 Å². The van der Waals surface area contributed by atoms with Gasteiger partial charge in [0.1, 0.15) is 0 Å². The lowest BCUT2D eigenvalue weighted by Gasteiger charge is -2.53. The van der Waals surface area contributed by atoms with Gasteiger partial charge in [-0.25, -0.2) is 0 Å². The Balaban J connectivity index is 2.12. The van der Waals surface area contributed by atoms with E-state index in [1.165, 1.54) is 25.7 Å². The second-order valence-corrected chi connectivity index (χ2v) is 7.18. The first kappa shape index (κ1) is 14.3. The van der Waals surface area contributed by atoms with Crippen LogP contribution in [-0.4, -0.2) is 41.8 Å². The van der Waals surface area contributed by atoms with E-state index in [9.17, 15) is 0 Å². The van der Waals surface area contributed by atoms with Gasteiger partial charge in [-0.05, 0) is 52.4 Å². The second kappa shape index (κ2) is 5.10. The van der Waals surface area contributed by atoms with Crippen molar-refractivity contribution in [1.82, 2.24) is 4.90 Å². The average molecular weight is 254 g/mol. The van der Waals surface area contributed by atoms with Crippen LogP contribution < -0.4 is 5.73 Å². The fraction of sp³-hybridized carbons (Fsp3) is 1.00. The molecule has 3 nitrogen and oxygen atoms in total. The molecule has 2 fully saturated rings. The highest BCUT2D eigenvalue weighted by molar-refractivity contribution is 4.99. The number of hydrogen-bond acceptors (Lipinski definition) is 3. The van der Waals surface area contributed by atoms with Gasteiger partial charge >= 0.3 is 0 Å². The molecule has 0 aromatic carbocycles. The van der Waals surface area contributed by atoms with Gasteiger partial charge in [0, 0.05) is 25.2 Å². The Morgan fingerprint density at radius 1 is 1.22 bits per heavy atom. The van der Waals surface area contributed by atoms with Crippen molar-refractivity contribution in [3.8, 4) is 0 Å². The molecule has 0 radical (unpaired) electrons. The summed E-state index contributed by atoms with van der Waals surface area (Å²) in [5, 5.41) is 0. The first-order chi connectivity index (χ1) is 8.37. The van der Waals surface area contributed by atoms with Crippen LogP contribution in [0.25, 0.3) is 0 Å². The summed E-state index contributed by atoms with van der Waals surface area (Å²) in [5.41, 5.74) is 6.37. The summed E-state index contributed by atoms with van der Waals surface area (Å²) in [6, 6.07) is 0. The van der Waals surface area contributed by atoms with Crippen molar-refractivity contribution in [2.45, 2.75) is 70.6 Å². The molecule has 3 heteroatoms. The van der Waals surface area contributed by atoms with Gasteiger partial charge in [0.25, 0.3) is 0 Å². The first-order valence-electron chi connectivity index (χ1n) is 7.50. The summed E-state index contributed by atoms with van der Waals surface area (Å²) in [4.78, 5) is 2.63. The highest BCUT2D eigenvalue weighted by Gasteiger charge is 2.43. The molecule has 1 aliphatic carbocycles. The minimum Gasteiger partial charge on any atom is -0.370 e. The molecule has 0 aromatic rings. The molecule has 0 aromatic heterocycles. The van der Waals surface area contributed by atoms with Gasteiger partial charge < -0.3 is 10.5 Å². The zero-order valence-electron chi connectivity index (χ0n) is 12.5. The summed E-state index contributed by atoms with van der Waals surface area (Å²) < 4.78 is 6.02. The molecular weight excluding hydrogens is 224 g/mol. The number of rotatable bonds is 2. The Morgan fingerprint density at radius 3 is 2.33 bits per heavy atom. The van der Waals surface area contributed by atoms with E-state index >= 15 is 0 Å². The third-order valence-electron chi connectivity index (χ3n) is 4.83. The molecule has 2 rings (SSSR count). The van der Waals surface area contributed by atoms with Crippen LogP contribution in [-0.2, 0) is 4.74 Å². The molecule has 0 spiro atoms. The zero-order chi connectivity index (χ0) is 13.4. The van der Waals surface area contributed by atoms with E-state index in [1.54, 1.807) is 0 Å². The van der Waals surface area contributed by atoms with Crippen LogP contribution in [0.4, 0.5) is 0 Å². The van der Waals surface area contributed by atoms with Crippen molar-refractivity contribution < 1.29 is 4.74 Å². The molecular formula is C15H30N2O. The van der Waals surface area contributed by atoms with Crippen molar-refractivity contribution in [2.75, 3.05) is 19.6 Å². The molecule has 0 amide bonds. The van der Waals surface area contributed by atoms with Crippen molar-refractivity contribution in [2.24, 2.45) is 11.7 Å². The van der Waals surface area contributed by atoms with Crippen LogP contribution in [0.15, 0.2) is 0 Å². The average Bonchev–Trinajstić information content (AvgIpc) is 2.28. The molecule has 1 atom stereocenters. The summed E-state index contributed by atoms with van der Waals surface area (Å²) in [6.07, 6.45) is 5.48. The number of morpholine rings is 1. The molecule has 1 aliphatic heterocycles. The highest BCUT2D eigenvalue weighted by Crippen LogP contribution is 2.38. The van der Waals surface area contributed by atoms with Gasteiger partial charge in [-0.3, -0.25) is 4.90 Å². The van der Waals surface area contributed by atoms with Crippen molar-refractivity contribution in [3.05, 3.63) is 0 Å². The van der Waals surface area contributed by atoms with Crippen LogP contribution in [0.1, 0.15) is 53.4 Å². The smallest absolute Gasteiger partial charge is 0.0757 e. The van der Waals surface area contributed by atoms with Crippen LogP contribution in [0.5, 0.6) is 0 Å². The monoisotopic (exact) mass is 254 g/mol. The van der Waals surface area contributed by atoms with E-state index in [4.69, 9.17) is 10.5 Å². The van der Waals surface area contributed by atoms with Crippen LogP contribution in [0.2, 0.25) is 0 Å². The topological polar surface area (TPSA) is 38.5 Å². The number of nitrogens with zero attached hydrogens (tertiary/aromatic N) is 1. The number of ether oxygens (including phenoxy) is 1. The third kappa shape index (κ3) is 2.89. The molecule has 1 heterocycles. The van der Waals surface area contributed by atoms with Gasteiger partial charge in [0.2, 0.25) is 0 Å². The molecule has 2 N–H and O–H groups in total. The maximum atomic E-state index is 6.17. The van der Waals surface area contributed by atoms with E-state index in [0.717, 1.165) is 25.6 Å². The molecule has 1 unspecified atom stereocenters. The van der Waals surface area contributed by atoms with E-state index in [-0.39, 0.29) is 11.1 Å². The lowest BCUT2D eigenvalue weighted by Crippen LogP contribution is -2.64. The molecule has 0 bridgehead atoms. The van der Waals surface area contributed by atoms with Crippen molar-refractivity contribution in [3.63, 3.8) is 0 Å². The van der Waals surface area contributed by atoms with Crippen LogP contribution >= 0.6 is 0 Å². The molecule has 18 heavy (non-hydrogen) atoms. The molecule has 1 saturated carbocycles. The van der Waals surface area contributed by atoms with E-state index in [1.807, 2.05) is 0 Å². The van der Waals surface area contributed by atoms with Gasteiger partial charge in [-0.1, -0.05) is 6.92 Å². The molecule has 2 aliphatic rings. The quantitative estimate of drug-likeness (QED) is 0.822. The predicted molar refractivity (Wildman–Crippen MR) is 75.6 cm³/mol. The van der Waals surface area contributed by atoms with Crippen molar-refractivity contribution in [1.29, 1.82) is 0 Å². The Hall–Kier alpha value is -0.120. The minimum atomic E-state index is -0.0388. The van der Waals surface area contributed by atoms with Gasteiger partial charge in [0.15, 0.2) is 0 Å². The number of hydrogen-bond donors (Lipinski definition) is 1. The summed E-state index contributed by atoms with van der Waals surface area (Å²) in [6.45, 7) is 11.8. The summed E-state index contributed by atoms with van der Waals surface area (Å²) in [7, 11) is 0. The Kier molecular flexibility index (Phi) is 4.05. The highest BCUT2D eigenvalue weighted by atomic mass is 16.5. The zero-order valence-corrected chi connectivity index (χ0v) is 12.5. The standard InChI is InChI=1S/C15H30N2O/c1-12-5-7-15(10-16,8-6-12)17-9-13(2)18-14(3,4)11-17/h12-13H,5-11,16H2,1-4H3. The van der Waals surface area contributed by atoms with E-state index in [2.05, 4.69) is 32.6 Å². The minimum absolute atomic E-state index is 0.0388. The van der Waals surface area contributed by atoms with Crippen LogP contribution in [0, 0.1) is 5.92 Å². The Morgan fingerprint density at radius 2 is 1.83 bits per heavy atom. The Labute approximate surface area is 112 Å². The lowest BCUT2D eigenvalue weighted by atomic mass is 9.75.